The Balaban J connectivity index is 1.89. The topological polar surface area (TPSA) is 78.1 Å². The number of carbonyl (C=O) groups is 1. The Kier molecular flexibility index (Phi) is 4.91. The highest BCUT2D eigenvalue weighted by Gasteiger charge is 2.26. The molecular formula is C23H20N2O4S. The van der Waals surface area contributed by atoms with Crippen molar-refractivity contribution >= 4 is 26.8 Å². The summed E-state index contributed by atoms with van der Waals surface area (Å²) in [4.78, 5) is 26.2. The van der Waals surface area contributed by atoms with Crippen LogP contribution in [0.25, 0.3) is 11.0 Å². The van der Waals surface area contributed by atoms with Crippen LogP contribution in [-0.4, -0.2) is 22.7 Å². The van der Waals surface area contributed by atoms with Gasteiger partial charge < -0.3 is 0 Å². The van der Waals surface area contributed by atoms with E-state index in [9.17, 15) is 18.0 Å². The first kappa shape index (κ1) is 19.8. The van der Waals surface area contributed by atoms with Crippen LogP contribution in [0.4, 0.5) is 0 Å². The molecule has 7 heteroatoms. The maximum atomic E-state index is 13.2. The van der Waals surface area contributed by atoms with E-state index in [2.05, 4.69) is 0 Å². The fourth-order valence-electron chi connectivity index (χ4n) is 3.53. The molecule has 3 aromatic carbocycles. The zero-order valence-corrected chi connectivity index (χ0v) is 17.4. The summed E-state index contributed by atoms with van der Waals surface area (Å²) in [6, 6.07) is 19.9. The number of hydrogen-bond donors (Lipinski definition) is 0. The summed E-state index contributed by atoms with van der Waals surface area (Å²) in [7, 11) is -4.12. The van der Waals surface area contributed by atoms with E-state index in [1.54, 1.807) is 48.5 Å². The average molecular weight is 420 g/mol. The number of aromatic nitrogens is 2. The smallest absolute Gasteiger partial charge is 0.292 e. The van der Waals surface area contributed by atoms with Crippen LogP contribution < -0.4 is 5.69 Å². The van der Waals surface area contributed by atoms with Gasteiger partial charge in [-0.3, -0.25) is 9.36 Å². The zero-order valence-electron chi connectivity index (χ0n) is 16.6. The van der Waals surface area contributed by atoms with Crippen LogP contribution >= 0.6 is 0 Å². The third-order valence-electron chi connectivity index (χ3n) is 5.07. The lowest BCUT2D eigenvalue weighted by atomic mass is 10.0. The predicted octanol–water partition coefficient (Wildman–Crippen LogP) is 3.54. The maximum absolute atomic E-state index is 13.2. The minimum absolute atomic E-state index is 0.0101. The molecule has 1 heterocycles. The van der Waals surface area contributed by atoms with E-state index >= 15 is 0 Å². The first-order valence-electron chi connectivity index (χ1n) is 9.42. The third-order valence-corrected chi connectivity index (χ3v) is 6.77. The van der Waals surface area contributed by atoms with Gasteiger partial charge in [-0.1, -0.05) is 48.0 Å². The molecule has 0 atom stereocenters. The van der Waals surface area contributed by atoms with Crippen molar-refractivity contribution in [1.82, 2.24) is 8.54 Å². The summed E-state index contributed by atoms with van der Waals surface area (Å²) in [5.74, 6) is -0.252. The lowest BCUT2D eigenvalue weighted by Crippen LogP contribution is -2.31. The Morgan fingerprint density at radius 2 is 1.50 bits per heavy atom. The molecule has 0 aliphatic carbocycles. The number of rotatable bonds is 5. The number of carbonyl (C=O) groups excluding carboxylic acids is 1. The lowest BCUT2D eigenvalue weighted by molar-refractivity contribution is 0.0971. The Labute approximate surface area is 174 Å². The van der Waals surface area contributed by atoms with Crippen molar-refractivity contribution in [1.29, 1.82) is 0 Å². The molecule has 0 amide bonds. The normalized spacial score (nSPS) is 11.7. The van der Waals surface area contributed by atoms with Crippen LogP contribution in [0.5, 0.6) is 0 Å². The van der Waals surface area contributed by atoms with Gasteiger partial charge in [0, 0.05) is 5.56 Å². The van der Waals surface area contributed by atoms with E-state index in [0.717, 1.165) is 15.1 Å². The highest BCUT2D eigenvalue weighted by molar-refractivity contribution is 7.90. The number of hydrogen-bond acceptors (Lipinski definition) is 4. The van der Waals surface area contributed by atoms with Crippen molar-refractivity contribution < 1.29 is 13.2 Å². The molecule has 0 bridgehead atoms. The molecule has 4 aromatic rings. The number of nitrogens with zero attached hydrogens (tertiary/aromatic N) is 2. The highest BCUT2D eigenvalue weighted by atomic mass is 32.2. The summed E-state index contributed by atoms with van der Waals surface area (Å²) in [5, 5.41) is 0. The molecule has 1 aromatic heterocycles. The molecule has 0 saturated carbocycles. The summed E-state index contributed by atoms with van der Waals surface area (Å²) in [5.41, 5.74) is 2.12. The molecule has 0 aliphatic heterocycles. The van der Waals surface area contributed by atoms with Crippen LogP contribution in [0.15, 0.2) is 82.5 Å². The van der Waals surface area contributed by atoms with Crippen molar-refractivity contribution in [3.63, 3.8) is 0 Å². The SMILES string of the molecule is Cc1ccc(C)c(C(=O)Cn2c(=O)n(S(=O)(=O)c3ccccc3)c3ccccc32)c1. The molecule has 152 valence electrons. The van der Waals surface area contributed by atoms with Gasteiger partial charge in [0.05, 0.1) is 22.5 Å². The Bertz CT molecular complexity index is 1430. The first-order valence-corrected chi connectivity index (χ1v) is 10.9. The van der Waals surface area contributed by atoms with Gasteiger partial charge in [-0.15, -0.1) is 0 Å². The molecule has 0 N–H and O–H groups in total. The fraction of sp³-hybridized carbons (Fsp3) is 0.130. The molecule has 0 radical (unpaired) electrons. The van der Waals surface area contributed by atoms with Crippen LogP contribution in [0.2, 0.25) is 0 Å². The Morgan fingerprint density at radius 1 is 0.867 bits per heavy atom. The van der Waals surface area contributed by atoms with E-state index in [1.807, 2.05) is 26.0 Å². The highest BCUT2D eigenvalue weighted by Crippen LogP contribution is 2.20. The van der Waals surface area contributed by atoms with E-state index in [1.165, 1.54) is 16.7 Å². The van der Waals surface area contributed by atoms with E-state index in [-0.39, 0.29) is 22.7 Å². The van der Waals surface area contributed by atoms with Gasteiger partial charge in [0.1, 0.15) is 0 Å². The third kappa shape index (κ3) is 3.27. The number of benzene rings is 3. The Morgan fingerprint density at radius 3 is 2.20 bits per heavy atom. The predicted molar refractivity (Wildman–Crippen MR) is 115 cm³/mol. The van der Waals surface area contributed by atoms with Gasteiger partial charge >= 0.3 is 5.69 Å². The number of imidazole rings is 1. The van der Waals surface area contributed by atoms with Crippen molar-refractivity contribution in [2.75, 3.05) is 0 Å². The zero-order chi connectivity index (χ0) is 21.5. The quantitative estimate of drug-likeness (QED) is 0.463. The van der Waals surface area contributed by atoms with Crippen LogP contribution in [-0.2, 0) is 16.6 Å². The minimum atomic E-state index is -4.12. The maximum Gasteiger partial charge on any atom is 0.343 e. The molecule has 0 aliphatic rings. The largest absolute Gasteiger partial charge is 0.343 e. The Hall–Kier alpha value is -3.45. The van der Waals surface area contributed by atoms with E-state index < -0.39 is 15.7 Å². The number of fused-ring (bicyclic) bond motifs is 1. The number of ketones is 1. The second-order valence-electron chi connectivity index (χ2n) is 7.18. The van der Waals surface area contributed by atoms with Gasteiger partial charge in [-0.25, -0.2) is 13.2 Å². The van der Waals surface area contributed by atoms with Crippen LogP contribution in [0.3, 0.4) is 0 Å². The molecule has 0 fully saturated rings. The van der Waals surface area contributed by atoms with Gasteiger partial charge in [-0.2, -0.15) is 3.97 Å². The van der Waals surface area contributed by atoms with Crippen molar-refractivity contribution in [3.8, 4) is 0 Å². The molecular weight excluding hydrogens is 400 g/mol. The molecule has 30 heavy (non-hydrogen) atoms. The lowest BCUT2D eigenvalue weighted by Gasteiger charge is -2.07. The van der Waals surface area contributed by atoms with Crippen molar-refractivity contribution in [2.45, 2.75) is 25.3 Å². The van der Waals surface area contributed by atoms with Crippen molar-refractivity contribution in [2.24, 2.45) is 0 Å². The van der Waals surface area contributed by atoms with Gasteiger partial charge in [0.2, 0.25) is 0 Å². The molecule has 4 rings (SSSR count). The fourth-order valence-corrected chi connectivity index (χ4v) is 4.96. The van der Waals surface area contributed by atoms with E-state index in [4.69, 9.17) is 0 Å². The molecule has 0 spiro atoms. The summed E-state index contributed by atoms with van der Waals surface area (Å²) in [6.07, 6.45) is 0. The molecule has 0 unspecified atom stereocenters. The second-order valence-corrected chi connectivity index (χ2v) is 8.97. The second kappa shape index (κ2) is 7.42. The summed E-state index contributed by atoms with van der Waals surface area (Å²) >= 11 is 0. The van der Waals surface area contributed by atoms with Crippen molar-refractivity contribution in [3.05, 3.63) is 100.0 Å². The first-order chi connectivity index (χ1) is 14.3. The van der Waals surface area contributed by atoms with Crippen LogP contribution in [0, 0.1) is 13.8 Å². The monoisotopic (exact) mass is 420 g/mol. The van der Waals surface area contributed by atoms with Gasteiger partial charge in [0.25, 0.3) is 10.0 Å². The number of Topliss-reactive ketones (excluding diaryl/α,β-unsaturated/α-hetero) is 1. The molecule has 6 nitrogen and oxygen atoms in total. The standard InChI is InChI=1S/C23H20N2O4S/c1-16-12-13-17(2)19(14-16)22(26)15-24-20-10-6-7-11-21(20)25(23(24)27)30(28,29)18-8-4-3-5-9-18/h3-14H,15H2,1-2H3. The summed E-state index contributed by atoms with van der Waals surface area (Å²) in [6.45, 7) is 3.47. The van der Waals surface area contributed by atoms with E-state index in [0.29, 0.717) is 11.1 Å². The minimum Gasteiger partial charge on any atom is -0.292 e. The van der Waals surface area contributed by atoms with Gasteiger partial charge in [0.15, 0.2) is 5.78 Å². The number of para-hydroxylation sites is 2. The van der Waals surface area contributed by atoms with Crippen LogP contribution in [0.1, 0.15) is 21.5 Å². The van der Waals surface area contributed by atoms with Gasteiger partial charge in [-0.05, 0) is 49.7 Å². The number of aryl methyl sites for hydroxylation is 2. The molecule has 0 saturated heterocycles. The average Bonchev–Trinajstić information content (AvgIpc) is 3.02. The summed E-state index contributed by atoms with van der Waals surface area (Å²) < 4.78 is 28.4.